The minimum atomic E-state index is -0.358. The number of aliphatic imine (C=N–C) groups is 2. The Hall–Kier alpha value is -2.08. The van der Waals surface area contributed by atoms with Crippen LogP contribution in [0.4, 0.5) is 5.69 Å². The second-order valence-electron chi connectivity index (χ2n) is 7.26. The van der Waals surface area contributed by atoms with Crippen LogP contribution in [0.1, 0.15) is 43.2 Å². The monoisotopic (exact) mass is 326 g/mol. The molecule has 3 aliphatic rings. The Morgan fingerprint density at radius 1 is 1.08 bits per heavy atom. The highest BCUT2D eigenvalue weighted by Crippen LogP contribution is 2.40. The van der Waals surface area contributed by atoms with E-state index in [9.17, 15) is 0 Å². The number of hydrogen-bond acceptors (Lipinski definition) is 6. The summed E-state index contributed by atoms with van der Waals surface area (Å²) in [5.41, 5.74) is 15.8. The van der Waals surface area contributed by atoms with Crippen LogP contribution in [0.5, 0.6) is 0 Å². The lowest BCUT2D eigenvalue weighted by molar-refractivity contribution is 0.304. The van der Waals surface area contributed by atoms with Crippen LogP contribution < -0.4 is 16.4 Å². The summed E-state index contributed by atoms with van der Waals surface area (Å²) in [6.07, 6.45) is 6.59. The summed E-state index contributed by atoms with van der Waals surface area (Å²) in [7, 11) is 2.17. The van der Waals surface area contributed by atoms with Crippen molar-refractivity contribution in [2.24, 2.45) is 21.5 Å². The first kappa shape index (κ1) is 15.4. The maximum absolute atomic E-state index is 6.31. The first-order valence-electron chi connectivity index (χ1n) is 8.87. The fourth-order valence-corrected chi connectivity index (χ4v) is 4.32. The van der Waals surface area contributed by atoms with E-state index >= 15 is 0 Å². The van der Waals surface area contributed by atoms with Crippen LogP contribution >= 0.6 is 0 Å². The maximum Gasteiger partial charge on any atom is 0.220 e. The standard InChI is InChI=1S/C18H26N6/c1-23-10-7-13-5-6-15(11-14(13)12-23)24-17(20)21-16(19)22-18(24)8-3-2-4-9-18/h5-6,11H,2-4,7-10,12H2,1H3,(H4,19,20,21,22). The molecule has 0 unspecified atom stereocenters. The van der Waals surface area contributed by atoms with Crippen molar-refractivity contribution in [1.29, 1.82) is 0 Å². The molecule has 0 radical (unpaired) electrons. The third kappa shape index (κ3) is 2.55. The Morgan fingerprint density at radius 3 is 2.67 bits per heavy atom. The molecule has 1 fully saturated rings. The summed E-state index contributed by atoms with van der Waals surface area (Å²) in [4.78, 5) is 13.5. The van der Waals surface area contributed by atoms with E-state index < -0.39 is 0 Å². The van der Waals surface area contributed by atoms with E-state index in [4.69, 9.17) is 16.5 Å². The zero-order chi connectivity index (χ0) is 16.7. The van der Waals surface area contributed by atoms with E-state index in [0.717, 1.165) is 50.9 Å². The van der Waals surface area contributed by atoms with Crippen LogP contribution in [-0.2, 0) is 13.0 Å². The third-order valence-electron chi connectivity index (χ3n) is 5.50. The number of likely N-dealkylation sites (N-methyl/N-ethyl adjacent to an activating group) is 1. The van der Waals surface area contributed by atoms with Crippen molar-refractivity contribution in [1.82, 2.24) is 4.90 Å². The largest absolute Gasteiger partial charge is 0.369 e. The van der Waals surface area contributed by atoms with Crippen molar-refractivity contribution in [3.63, 3.8) is 0 Å². The Kier molecular flexibility index (Phi) is 3.72. The summed E-state index contributed by atoms with van der Waals surface area (Å²) in [5, 5.41) is 0. The molecule has 128 valence electrons. The second-order valence-corrected chi connectivity index (χ2v) is 7.26. The van der Waals surface area contributed by atoms with Gasteiger partial charge >= 0.3 is 0 Å². The lowest BCUT2D eigenvalue weighted by Gasteiger charge is -2.46. The molecule has 0 aromatic heterocycles. The highest BCUT2D eigenvalue weighted by Gasteiger charge is 2.42. The molecule has 0 saturated heterocycles. The van der Waals surface area contributed by atoms with E-state index in [2.05, 4.69) is 40.0 Å². The number of anilines is 1. The molecule has 1 aliphatic carbocycles. The first-order valence-corrected chi connectivity index (χ1v) is 8.87. The molecule has 4 rings (SSSR count). The van der Waals surface area contributed by atoms with Crippen molar-refractivity contribution < 1.29 is 0 Å². The van der Waals surface area contributed by atoms with Gasteiger partial charge in [-0.3, -0.25) is 4.90 Å². The van der Waals surface area contributed by atoms with Crippen LogP contribution in [0, 0.1) is 0 Å². The second kappa shape index (κ2) is 5.77. The molecule has 6 nitrogen and oxygen atoms in total. The zero-order valence-corrected chi connectivity index (χ0v) is 14.3. The van der Waals surface area contributed by atoms with Gasteiger partial charge in [-0.2, -0.15) is 4.99 Å². The number of hydrogen-bond donors (Lipinski definition) is 2. The minimum Gasteiger partial charge on any atom is -0.369 e. The molecule has 2 aliphatic heterocycles. The quantitative estimate of drug-likeness (QED) is 0.824. The maximum atomic E-state index is 6.31. The van der Waals surface area contributed by atoms with Crippen LogP contribution in [0.15, 0.2) is 28.2 Å². The summed E-state index contributed by atoms with van der Waals surface area (Å²) in [5.74, 6) is 0.775. The van der Waals surface area contributed by atoms with E-state index in [1.54, 1.807) is 0 Å². The van der Waals surface area contributed by atoms with Crippen molar-refractivity contribution in [3.8, 4) is 0 Å². The number of nitrogens with zero attached hydrogens (tertiary/aromatic N) is 4. The van der Waals surface area contributed by atoms with E-state index in [1.165, 1.54) is 17.5 Å². The Labute approximate surface area is 143 Å². The number of rotatable bonds is 1. The molecule has 1 saturated carbocycles. The van der Waals surface area contributed by atoms with E-state index in [-0.39, 0.29) is 5.66 Å². The summed E-state index contributed by atoms with van der Waals surface area (Å²) < 4.78 is 0. The van der Waals surface area contributed by atoms with Crippen LogP contribution in [0.25, 0.3) is 0 Å². The molecule has 24 heavy (non-hydrogen) atoms. The lowest BCUT2D eigenvalue weighted by Crippen LogP contribution is -2.58. The lowest BCUT2D eigenvalue weighted by atomic mass is 9.87. The normalized spacial score (nSPS) is 23.6. The van der Waals surface area contributed by atoms with E-state index in [0.29, 0.717) is 11.9 Å². The third-order valence-corrected chi connectivity index (χ3v) is 5.50. The van der Waals surface area contributed by atoms with Gasteiger partial charge in [-0.1, -0.05) is 12.5 Å². The van der Waals surface area contributed by atoms with Gasteiger partial charge in [0.25, 0.3) is 0 Å². The predicted octanol–water partition coefficient (Wildman–Crippen LogP) is 1.78. The van der Waals surface area contributed by atoms with Gasteiger partial charge in [0, 0.05) is 18.8 Å². The Bertz CT molecular complexity index is 701. The molecule has 1 aromatic rings. The van der Waals surface area contributed by atoms with Gasteiger partial charge in [0.2, 0.25) is 11.9 Å². The highest BCUT2D eigenvalue weighted by molar-refractivity contribution is 6.05. The van der Waals surface area contributed by atoms with Gasteiger partial charge in [0.15, 0.2) is 0 Å². The van der Waals surface area contributed by atoms with Crippen molar-refractivity contribution in [3.05, 3.63) is 29.3 Å². The van der Waals surface area contributed by atoms with Gasteiger partial charge in [-0.05, 0) is 62.4 Å². The fraction of sp³-hybridized carbons (Fsp3) is 0.556. The Morgan fingerprint density at radius 2 is 1.88 bits per heavy atom. The van der Waals surface area contributed by atoms with Gasteiger partial charge in [0.1, 0.15) is 5.66 Å². The van der Waals surface area contributed by atoms with Crippen molar-refractivity contribution >= 4 is 17.6 Å². The molecule has 2 heterocycles. The summed E-state index contributed by atoms with van der Waals surface area (Å²) in [6.45, 7) is 2.09. The number of fused-ring (bicyclic) bond motifs is 1. The number of benzene rings is 1. The minimum absolute atomic E-state index is 0.309. The SMILES string of the molecule is CN1CCc2ccc(N3C(N)=NC(N)=NC34CCCCC4)cc2C1. The first-order chi connectivity index (χ1) is 11.6. The fourth-order valence-electron chi connectivity index (χ4n) is 4.32. The summed E-state index contributed by atoms with van der Waals surface area (Å²) >= 11 is 0. The van der Waals surface area contributed by atoms with Crippen LogP contribution in [0.2, 0.25) is 0 Å². The van der Waals surface area contributed by atoms with E-state index in [1.807, 2.05) is 0 Å². The number of nitrogens with two attached hydrogens (primary N) is 2. The van der Waals surface area contributed by atoms with Gasteiger partial charge in [-0.25, -0.2) is 4.99 Å². The van der Waals surface area contributed by atoms with Crippen LogP contribution in [0.3, 0.4) is 0 Å². The Balaban J connectivity index is 1.76. The van der Waals surface area contributed by atoms with Gasteiger partial charge in [0.05, 0.1) is 0 Å². The van der Waals surface area contributed by atoms with Crippen molar-refractivity contribution in [2.45, 2.75) is 50.7 Å². The van der Waals surface area contributed by atoms with Gasteiger partial charge < -0.3 is 16.4 Å². The molecule has 0 atom stereocenters. The van der Waals surface area contributed by atoms with Crippen molar-refractivity contribution in [2.75, 3.05) is 18.5 Å². The molecule has 1 aromatic carbocycles. The number of guanidine groups is 2. The predicted molar refractivity (Wildman–Crippen MR) is 98.0 cm³/mol. The highest BCUT2D eigenvalue weighted by atomic mass is 15.4. The topological polar surface area (TPSA) is 83.2 Å². The summed E-state index contributed by atoms with van der Waals surface area (Å²) in [6, 6.07) is 6.67. The average Bonchev–Trinajstić information content (AvgIpc) is 2.54. The zero-order valence-electron chi connectivity index (χ0n) is 14.3. The molecular weight excluding hydrogens is 300 g/mol. The molecular formula is C18H26N6. The van der Waals surface area contributed by atoms with Gasteiger partial charge in [-0.15, -0.1) is 0 Å². The average molecular weight is 326 g/mol. The molecule has 6 heteroatoms. The smallest absolute Gasteiger partial charge is 0.220 e. The molecule has 4 N–H and O–H groups in total. The molecule has 0 bridgehead atoms. The van der Waals surface area contributed by atoms with Crippen LogP contribution in [-0.4, -0.2) is 36.1 Å². The molecule has 1 spiro atoms. The molecule has 0 amide bonds.